The summed E-state index contributed by atoms with van der Waals surface area (Å²) < 4.78 is 11.5. The van der Waals surface area contributed by atoms with Gasteiger partial charge in [0.1, 0.15) is 17.2 Å². The molecule has 3 aromatic heterocycles. The maximum atomic E-state index is 12.2. The van der Waals surface area contributed by atoms with Gasteiger partial charge < -0.3 is 19.8 Å². The van der Waals surface area contributed by atoms with Crippen molar-refractivity contribution in [1.82, 2.24) is 15.0 Å². The number of carbonyl (C=O) groups is 1. The molecule has 1 aromatic carbocycles. The van der Waals surface area contributed by atoms with Gasteiger partial charge in [0.2, 0.25) is 11.8 Å². The zero-order valence-electron chi connectivity index (χ0n) is 17.9. The summed E-state index contributed by atoms with van der Waals surface area (Å²) >= 11 is 0. The molecule has 0 radical (unpaired) electrons. The van der Waals surface area contributed by atoms with Crippen LogP contribution in [0.4, 0.5) is 11.6 Å². The summed E-state index contributed by atoms with van der Waals surface area (Å²) in [5.74, 6) is 1.74. The molecule has 3 heterocycles. The van der Waals surface area contributed by atoms with Crippen LogP contribution in [0.2, 0.25) is 0 Å². The van der Waals surface area contributed by atoms with E-state index in [1.165, 1.54) is 0 Å². The Kier molecular flexibility index (Phi) is 5.18. The molecule has 2 N–H and O–H groups in total. The summed E-state index contributed by atoms with van der Waals surface area (Å²) in [6, 6.07) is 7.62. The molecular formula is C24H23N5O3. The van der Waals surface area contributed by atoms with E-state index in [4.69, 9.17) is 14.1 Å². The topological polar surface area (TPSA) is 102 Å². The Balaban J connectivity index is 1.61. The molecule has 1 fully saturated rings. The summed E-state index contributed by atoms with van der Waals surface area (Å²) in [4.78, 5) is 25.8. The van der Waals surface area contributed by atoms with Crippen LogP contribution in [0.5, 0.6) is 0 Å². The number of amides is 1. The largest absolute Gasteiger partial charge is 0.501 e. The number of hydrogen-bond acceptors (Lipinski definition) is 7. The number of pyridine rings is 2. The maximum absolute atomic E-state index is 12.2. The van der Waals surface area contributed by atoms with Crippen molar-refractivity contribution in [2.75, 3.05) is 24.3 Å². The highest BCUT2D eigenvalue weighted by Crippen LogP contribution is 2.35. The fourth-order valence-electron chi connectivity index (χ4n) is 3.58. The van der Waals surface area contributed by atoms with Gasteiger partial charge in [-0.2, -0.15) is 0 Å². The Labute approximate surface area is 184 Å². The monoisotopic (exact) mass is 429 g/mol. The number of ether oxygens (including phenoxy) is 1. The normalized spacial score (nSPS) is 13.7. The van der Waals surface area contributed by atoms with Crippen LogP contribution < -0.4 is 10.6 Å². The second-order valence-corrected chi connectivity index (χ2v) is 7.62. The van der Waals surface area contributed by atoms with Crippen LogP contribution in [0.3, 0.4) is 0 Å². The van der Waals surface area contributed by atoms with Crippen LogP contribution in [0.25, 0.3) is 39.4 Å². The quantitative estimate of drug-likeness (QED) is 0.405. The third-order valence-corrected chi connectivity index (χ3v) is 5.39. The number of rotatable bonds is 7. The standard InChI is InChI=1S/C24H23N5O3/c1-3-31-10-9-14-5-4-6-19-21(14)32-24(28-19)18-13-27-22(25-2)17-12-26-20(11-16(17)18)29-23(30)15-7-8-15/h4-6,9-13,15H,3,7-8H2,1-2H3,(H,25,27)(H,26,29,30)/b10-9-. The molecule has 5 rings (SSSR count). The van der Waals surface area contributed by atoms with Gasteiger partial charge in [-0.25, -0.2) is 15.0 Å². The molecule has 0 atom stereocenters. The van der Waals surface area contributed by atoms with Gasteiger partial charge in [0.05, 0.1) is 18.4 Å². The number of oxazole rings is 1. The number of carbonyl (C=O) groups excluding carboxylic acids is 1. The fourth-order valence-corrected chi connectivity index (χ4v) is 3.58. The Hall–Kier alpha value is -3.94. The van der Waals surface area contributed by atoms with Crippen molar-refractivity contribution in [3.8, 4) is 11.5 Å². The Morgan fingerprint density at radius 1 is 1.25 bits per heavy atom. The van der Waals surface area contributed by atoms with E-state index >= 15 is 0 Å². The number of fused-ring (bicyclic) bond motifs is 2. The van der Waals surface area contributed by atoms with Crippen molar-refractivity contribution in [2.45, 2.75) is 19.8 Å². The second-order valence-electron chi connectivity index (χ2n) is 7.62. The molecule has 8 nitrogen and oxygen atoms in total. The van der Waals surface area contributed by atoms with Crippen LogP contribution in [0.1, 0.15) is 25.3 Å². The zero-order valence-corrected chi connectivity index (χ0v) is 17.9. The molecular weight excluding hydrogens is 406 g/mol. The maximum Gasteiger partial charge on any atom is 0.229 e. The first-order valence-corrected chi connectivity index (χ1v) is 10.6. The highest BCUT2D eigenvalue weighted by molar-refractivity contribution is 6.03. The van der Waals surface area contributed by atoms with Crippen LogP contribution in [-0.2, 0) is 9.53 Å². The van der Waals surface area contributed by atoms with Crippen molar-refractivity contribution in [1.29, 1.82) is 0 Å². The SMILES string of the molecule is CCO/C=C\c1cccc2nc(-c3cnc(NC)c4cnc(NC(=O)C5CC5)cc34)oc12. The lowest BCUT2D eigenvalue weighted by Crippen LogP contribution is -2.14. The molecule has 1 amide bonds. The first-order valence-electron chi connectivity index (χ1n) is 10.6. The second kappa shape index (κ2) is 8.30. The molecule has 1 aliphatic rings. The van der Waals surface area contributed by atoms with Crippen molar-refractivity contribution in [3.05, 3.63) is 48.5 Å². The van der Waals surface area contributed by atoms with Crippen molar-refractivity contribution < 1.29 is 13.9 Å². The van der Waals surface area contributed by atoms with Crippen LogP contribution in [-0.4, -0.2) is 34.5 Å². The minimum atomic E-state index is 0.00823. The molecule has 8 heteroatoms. The first kappa shape index (κ1) is 20.0. The number of benzene rings is 1. The van der Waals surface area contributed by atoms with E-state index in [0.717, 1.165) is 40.3 Å². The van der Waals surface area contributed by atoms with E-state index in [2.05, 4.69) is 20.6 Å². The van der Waals surface area contributed by atoms with Gasteiger partial charge in [0.15, 0.2) is 5.58 Å². The molecule has 0 bridgehead atoms. The summed E-state index contributed by atoms with van der Waals surface area (Å²) in [5.41, 5.74) is 3.00. The van der Waals surface area contributed by atoms with E-state index in [0.29, 0.717) is 29.7 Å². The summed E-state index contributed by atoms with van der Waals surface area (Å²) in [5, 5.41) is 7.65. The first-order chi connectivity index (χ1) is 15.7. The lowest BCUT2D eigenvalue weighted by molar-refractivity contribution is -0.117. The predicted molar refractivity (Wildman–Crippen MR) is 124 cm³/mol. The molecule has 162 valence electrons. The molecule has 0 unspecified atom stereocenters. The molecule has 32 heavy (non-hydrogen) atoms. The van der Waals surface area contributed by atoms with E-state index in [-0.39, 0.29) is 11.8 Å². The van der Waals surface area contributed by atoms with Crippen molar-refractivity contribution in [3.63, 3.8) is 0 Å². The third kappa shape index (κ3) is 3.75. The minimum Gasteiger partial charge on any atom is -0.501 e. The molecule has 0 aliphatic heterocycles. The third-order valence-electron chi connectivity index (χ3n) is 5.39. The minimum absolute atomic E-state index is 0.00823. The highest BCUT2D eigenvalue weighted by Gasteiger charge is 2.30. The van der Waals surface area contributed by atoms with Crippen LogP contribution in [0, 0.1) is 5.92 Å². The van der Waals surface area contributed by atoms with Crippen molar-refractivity contribution in [2.24, 2.45) is 5.92 Å². The van der Waals surface area contributed by atoms with Gasteiger partial charge in [-0.3, -0.25) is 4.79 Å². The van der Waals surface area contributed by atoms with Crippen LogP contribution in [0.15, 0.2) is 47.3 Å². The van der Waals surface area contributed by atoms with Gasteiger partial charge in [-0.05, 0) is 38.0 Å². The average molecular weight is 429 g/mol. The van der Waals surface area contributed by atoms with E-state index < -0.39 is 0 Å². The van der Waals surface area contributed by atoms with Crippen LogP contribution >= 0.6 is 0 Å². The lowest BCUT2D eigenvalue weighted by atomic mass is 10.1. The smallest absolute Gasteiger partial charge is 0.229 e. The summed E-state index contributed by atoms with van der Waals surface area (Å²) in [6.45, 7) is 2.53. The van der Waals surface area contributed by atoms with Gasteiger partial charge in [-0.15, -0.1) is 0 Å². The predicted octanol–water partition coefficient (Wildman–Crippen LogP) is 4.84. The highest BCUT2D eigenvalue weighted by atomic mass is 16.5. The number of hydrogen-bond donors (Lipinski definition) is 2. The molecule has 0 spiro atoms. The molecule has 0 saturated heterocycles. The zero-order chi connectivity index (χ0) is 22.1. The Morgan fingerprint density at radius 2 is 2.12 bits per heavy atom. The lowest BCUT2D eigenvalue weighted by Gasteiger charge is -2.10. The fraction of sp³-hybridized carbons (Fsp3) is 0.250. The Bertz CT molecular complexity index is 1340. The number of nitrogens with zero attached hydrogens (tertiary/aromatic N) is 3. The molecule has 1 aliphatic carbocycles. The summed E-state index contributed by atoms with van der Waals surface area (Å²) in [6.07, 6.45) is 8.80. The number of para-hydroxylation sites is 1. The van der Waals surface area contributed by atoms with E-state index in [9.17, 15) is 4.79 Å². The van der Waals surface area contributed by atoms with Gasteiger partial charge >= 0.3 is 0 Å². The molecule has 4 aromatic rings. The van der Waals surface area contributed by atoms with E-state index in [1.54, 1.807) is 25.7 Å². The Morgan fingerprint density at radius 3 is 2.91 bits per heavy atom. The number of aromatic nitrogens is 3. The van der Waals surface area contributed by atoms with E-state index in [1.807, 2.05) is 37.3 Å². The average Bonchev–Trinajstić information content (AvgIpc) is 3.57. The van der Waals surface area contributed by atoms with Gasteiger partial charge in [0.25, 0.3) is 0 Å². The number of nitrogens with one attached hydrogen (secondary N) is 2. The summed E-state index contributed by atoms with van der Waals surface area (Å²) in [7, 11) is 1.81. The van der Waals surface area contributed by atoms with Crippen molar-refractivity contribution >= 4 is 45.5 Å². The van der Waals surface area contributed by atoms with Gasteiger partial charge in [-0.1, -0.05) is 12.1 Å². The van der Waals surface area contributed by atoms with Gasteiger partial charge in [0, 0.05) is 41.7 Å². The number of anilines is 2. The molecule has 1 saturated carbocycles.